The fraction of sp³-hybridized carbons (Fsp3) is 0.935. The lowest BCUT2D eigenvalue weighted by atomic mass is 10.0. The molecule has 0 radical (unpaired) electrons. The van der Waals surface area contributed by atoms with E-state index in [-0.39, 0.29) is 18.5 Å². The average molecular weight is 961 g/mol. The van der Waals surface area contributed by atoms with Gasteiger partial charge in [0.05, 0.1) is 25.4 Å². The number of aliphatic hydroxyl groups is 2. The van der Waals surface area contributed by atoms with E-state index in [1.165, 1.54) is 244 Å². The first-order chi connectivity index (χ1) is 33.5. The summed E-state index contributed by atoms with van der Waals surface area (Å²) < 4.78 is 5.49. The van der Waals surface area contributed by atoms with Crippen LogP contribution in [0.1, 0.15) is 348 Å². The molecule has 0 aliphatic carbocycles. The Morgan fingerprint density at radius 2 is 0.691 bits per heavy atom. The number of amides is 1. The van der Waals surface area contributed by atoms with Gasteiger partial charge in [0.15, 0.2) is 0 Å². The predicted molar refractivity (Wildman–Crippen MR) is 297 cm³/mol. The Morgan fingerprint density at radius 1 is 0.397 bits per heavy atom. The number of rotatable bonds is 58. The summed E-state index contributed by atoms with van der Waals surface area (Å²) in [4.78, 5) is 24.6. The van der Waals surface area contributed by atoms with Crippen LogP contribution in [0.3, 0.4) is 0 Å². The molecule has 0 aliphatic rings. The zero-order valence-electron chi connectivity index (χ0n) is 46.1. The van der Waals surface area contributed by atoms with Gasteiger partial charge in [0.2, 0.25) is 5.91 Å². The molecule has 1 amide bonds. The van der Waals surface area contributed by atoms with Crippen molar-refractivity contribution in [3.8, 4) is 0 Å². The molecule has 6 heteroatoms. The Kier molecular flexibility index (Phi) is 57.0. The molecule has 0 aliphatic heterocycles. The summed E-state index contributed by atoms with van der Waals surface area (Å²) in [7, 11) is 0. The molecule has 404 valence electrons. The smallest absolute Gasteiger partial charge is 0.305 e. The summed E-state index contributed by atoms with van der Waals surface area (Å²) in [6.45, 7) is 4.95. The van der Waals surface area contributed by atoms with Crippen LogP contribution in [0.15, 0.2) is 12.2 Å². The number of allylic oxidation sites excluding steroid dienone is 2. The molecule has 0 spiro atoms. The Bertz CT molecular complexity index is 1020. The lowest BCUT2D eigenvalue weighted by Crippen LogP contribution is -2.45. The van der Waals surface area contributed by atoms with Crippen molar-refractivity contribution in [3.05, 3.63) is 12.2 Å². The molecule has 0 saturated heterocycles. The van der Waals surface area contributed by atoms with E-state index in [9.17, 15) is 19.8 Å². The Balaban J connectivity index is 3.45. The Labute approximate surface area is 425 Å². The molecule has 0 heterocycles. The number of carbonyl (C=O) groups is 2. The largest absolute Gasteiger partial charge is 0.466 e. The first kappa shape index (κ1) is 66.6. The van der Waals surface area contributed by atoms with E-state index in [1.807, 2.05) is 0 Å². The van der Waals surface area contributed by atoms with Crippen LogP contribution in [-0.4, -0.2) is 47.4 Å². The van der Waals surface area contributed by atoms with Crippen LogP contribution in [0, 0.1) is 0 Å². The van der Waals surface area contributed by atoms with Crippen molar-refractivity contribution in [1.82, 2.24) is 5.32 Å². The van der Waals surface area contributed by atoms with E-state index in [1.54, 1.807) is 0 Å². The van der Waals surface area contributed by atoms with Gasteiger partial charge in [0.25, 0.3) is 0 Å². The minimum Gasteiger partial charge on any atom is -0.466 e. The molecule has 0 aromatic rings. The van der Waals surface area contributed by atoms with Crippen LogP contribution in [0.5, 0.6) is 0 Å². The van der Waals surface area contributed by atoms with Crippen LogP contribution in [-0.2, 0) is 14.3 Å². The van der Waals surface area contributed by atoms with Gasteiger partial charge < -0.3 is 20.3 Å². The molecule has 0 aromatic carbocycles. The van der Waals surface area contributed by atoms with Crippen molar-refractivity contribution in [2.24, 2.45) is 0 Å². The first-order valence-electron chi connectivity index (χ1n) is 30.9. The van der Waals surface area contributed by atoms with Crippen molar-refractivity contribution in [2.45, 2.75) is 360 Å². The highest BCUT2D eigenvalue weighted by atomic mass is 16.5. The van der Waals surface area contributed by atoms with Gasteiger partial charge in [0.1, 0.15) is 0 Å². The summed E-state index contributed by atoms with van der Waals surface area (Å²) in [5.41, 5.74) is 0. The zero-order valence-corrected chi connectivity index (χ0v) is 46.1. The summed E-state index contributed by atoms with van der Waals surface area (Å²) in [6.07, 6.45) is 69.3. The van der Waals surface area contributed by atoms with E-state index >= 15 is 0 Å². The first-order valence-corrected chi connectivity index (χ1v) is 30.9. The second-order valence-electron chi connectivity index (χ2n) is 21.4. The Morgan fingerprint density at radius 3 is 1.06 bits per heavy atom. The van der Waals surface area contributed by atoms with Crippen molar-refractivity contribution < 1.29 is 24.5 Å². The normalized spacial score (nSPS) is 12.6. The SMILES string of the molecule is CCCCCCCCCCCCCCCCCCCCCC(=O)OCCCCCCCC/C=C\CCCCCC(=O)NC(CO)C(O)CCCCCCCCCCCCCCCCCCCCC. The highest BCUT2D eigenvalue weighted by molar-refractivity contribution is 5.76. The van der Waals surface area contributed by atoms with Gasteiger partial charge in [-0.15, -0.1) is 0 Å². The van der Waals surface area contributed by atoms with Gasteiger partial charge in [-0.1, -0.05) is 296 Å². The molecular weight excluding hydrogens is 839 g/mol. The van der Waals surface area contributed by atoms with Crippen LogP contribution in [0.25, 0.3) is 0 Å². The molecule has 68 heavy (non-hydrogen) atoms. The van der Waals surface area contributed by atoms with E-state index < -0.39 is 12.1 Å². The quantitative estimate of drug-likeness (QED) is 0.0321. The minimum absolute atomic E-state index is 0.00673. The van der Waals surface area contributed by atoms with Crippen molar-refractivity contribution in [3.63, 3.8) is 0 Å². The zero-order chi connectivity index (χ0) is 49.3. The van der Waals surface area contributed by atoms with E-state index in [4.69, 9.17) is 4.74 Å². The topological polar surface area (TPSA) is 95.9 Å². The molecule has 0 fully saturated rings. The molecule has 0 rings (SSSR count). The van der Waals surface area contributed by atoms with Crippen LogP contribution < -0.4 is 5.32 Å². The maximum atomic E-state index is 12.5. The minimum atomic E-state index is -0.681. The maximum absolute atomic E-state index is 12.5. The summed E-state index contributed by atoms with van der Waals surface area (Å²) in [5, 5.41) is 23.3. The number of aliphatic hydroxyl groups excluding tert-OH is 2. The van der Waals surface area contributed by atoms with E-state index in [0.717, 1.165) is 70.6 Å². The summed E-state index contributed by atoms with van der Waals surface area (Å²) in [6, 6.07) is -0.561. The fourth-order valence-electron chi connectivity index (χ4n) is 9.81. The highest BCUT2D eigenvalue weighted by Gasteiger charge is 2.20. The monoisotopic (exact) mass is 960 g/mol. The second-order valence-corrected chi connectivity index (χ2v) is 21.4. The average Bonchev–Trinajstić information content (AvgIpc) is 3.34. The number of carbonyl (C=O) groups excluding carboxylic acids is 2. The van der Waals surface area contributed by atoms with Gasteiger partial charge in [0, 0.05) is 12.8 Å². The standard InChI is InChI=1S/C62H121NO5/c1-3-5-7-9-11-13-15-17-19-21-23-25-27-30-34-38-42-46-50-54-60(65)59(58-64)63-61(66)55-51-47-43-39-35-31-29-33-37-41-45-49-53-57-68-62(67)56-52-48-44-40-36-32-28-26-24-22-20-18-16-14-12-10-8-6-4-2/h31,35,59-60,64-65H,3-30,32-34,36-58H2,1-2H3,(H,63,66)/b35-31-. The van der Waals surface area contributed by atoms with Gasteiger partial charge in [-0.3, -0.25) is 9.59 Å². The molecule has 3 N–H and O–H groups in total. The third-order valence-corrected chi connectivity index (χ3v) is 14.6. The number of esters is 1. The van der Waals surface area contributed by atoms with Crippen molar-refractivity contribution >= 4 is 11.9 Å². The summed E-state index contributed by atoms with van der Waals surface area (Å²) >= 11 is 0. The molecule has 2 unspecified atom stereocenters. The fourth-order valence-corrected chi connectivity index (χ4v) is 9.81. The molecular formula is C62H121NO5. The summed E-state index contributed by atoms with van der Waals surface area (Å²) in [5.74, 6) is -0.0678. The number of ether oxygens (including phenoxy) is 1. The van der Waals surface area contributed by atoms with Gasteiger partial charge in [-0.2, -0.15) is 0 Å². The van der Waals surface area contributed by atoms with Crippen LogP contribution >= 0.6 is 0 Å². The molecule has 2 atom stereocenters. The van der Waals surface area contributed by atoms with E-state index in [0.29, 0.717) is 25.9 Å². The molecule has 0 bridgehead atoms. The van der Waals surface area contributed by atoms with Crippen molar-refractivity contribution in [2.75, 3.05) is 13.2 Å². The third-order valence-electron chi connectivity index (χ3n) is 14.6. The number of hydrogen-bond acceptors (Lipinski definition) is 5. The van der Waals surface area contributed by atoms with Gasteiger partial charge in [-0.05, 0) is 51.4 Å². The molecule has 6 nitrogen and oxygen atoms in total. The maximum Gasteiger partial charge on any atom is 0.305 e. The number of hydrogen-bond donors (Lipinski definition) is 3. The number of unbranched alkanes of at least 4 members (excludes halogenated alkanes) is 45. The molecule has 0 saturated carbocycles. The highest BCUT2D eigenvalue weighted by Crippen LogP contribution is 2.18. The third kappa shape index (κ3) is 53.9. The predicted octanol–water partition coefficient (Wildman–Crippen LogP) is 19.2. The van der Waals surface area contributed by atoms with Crippen molar-refractivity contribution in [1.29, 1.82) is 0 Å². The van der Waals surface area contributed by atoms with Crippen LogP contribution in [0.2, 0.25) is 0 Å². The van der Waals surface area contributed by atoms with E-state index in [2.05, 4.69) is 31.3 Å². The van der Waals surface area contributed by atoms with Crippen LogP contribution in [0.4, 0.5) is 0 Å². The van der Waals surface area contributed by atoms with Gasteiger partial charge >= 0.3 is 5.97 Å². The lowest BCUT2D eigenvalue weighted by molar-refractivity contribution is -0.143. The lowest BCUT2D eigenvalue weighted by Gasteiger charge is -2.22. The Hall–Kier alpha value is -1.40. The van der Waals surface area contributed by atoms with Gasteiger partial charge in [-0.25, -0.2) is 0 Å². The second kappa shape index (κ2) is 58.2. The number of nitrogens with one attached hydrogen (secondary N) is 1. The molecule has 0 aromatic heterocycles.